The molecule has 0 aliphatic heterocycles. The van der Waals surface area contributed by atoms with Crippen molar-refractivity contribution in [2.24, 2.45) is 0 Å². The number of aromatic hydroxyl groups is 4. The van der Waals surface area contributed by atoms with Crippen LogP contribution in [0.15, 0.2) is 140 Å². The van der Waals surface area contributed by atoms with Gasteiger partial charge in [0.2, 0.25) is 0 Å². The fourth-order valence-electron chi connectivity index (χ4n) is 16.5. The van der Waals surface area contributed by atoms with Gasteiger partial charge in [0.15, 0.2) is 0 Å². The van der Waals surface area contributed by atoms with Crippen LogP contribution in [0, 0.1) is 23.7 Å². The quantitative estimate of drug-likeness (QED) is 0.0287. The molecule has 6 N–H and O–H groups in total. The fraction of sp³-hybridized carbons (Fsp3) is 0.426. The first-order valence-corrected chi connectivity index (χ1v) is 42.2. The first-order valence-electron chi connectivity index (χ1n) is 42.2. The van der Waals surface area contributed by atoms with E-state index in [1.165, 1.54) is 44.9 Å². The minimum Gasteiger partial charge on any atom is -0.507 e. The molecule has 0 aromatic heterocycles. The Kier molecular flexibility index (Phi) is 24.7. The van der Waals surface area contributed by atoms with Crippen LogP contribution < -0.4 is 4.74 Å². The minimum atomic E-state index is -0.415. The topological polar surface area (TPSA) is 131 Å². The number of phenolic OH excluding ortho intramolecular Hbond substituents is 4. The van der Waals surface area contributed by atoms with E-state index < -0.39 is 21.7 Å². The molecule has 0 bridgehead atoms. The summed E-state index contributed by atoms with van der Waals surface area (Å²) in [4.78, 5) is 0. The number of aliphatic hydroxyl groups excluding tert-OH is 2. The van der Waals surface area contributed by atoms with Gasteiger partial charge in [-0.15, -0.1) is 0 Å². The smallest absolute Gasteiger partial charge is 0.130 e. The van der Waals surface area contributed by atoms with Crippen molar-refractivity contribution >= 4 is 43.1 Å². The van der Waals surface area contributed by atoms with Crippen LogP contribution in [0.25, 0.3) is 87.6 Å². The number of aliphatic hydroxyl groups is 2. The van der Waals surface area contributed by atoms with Crippen LogP contribution in [0.5, 0.6) is 28.7 Å². The second-order valence-electron chi connectivity index (χ2n) is 41.0. The normalized spacial score (nSPS) is 12.8. The summed E-state index contributed by atoms with van der Waals surface area (Å²) in [6.07, 6.45) is 12.0. The SMILES string of the molecule is CCCCCCCCCCCCOc1c(CO)cc(C#Cc2c3cc(-c4cc(C(C)(C)C)c(O)c(C(C)(C)C)c4)ccc3c(C#Cc3c4cc(-c5cc(C(C)(C)C)c(O)c(C(C)(C)C)c5)ccc4cc4ccc(-c5cc(C(C)(C)C)c(O)c(C(C)(C)C)c5)cc34)c3ccc(-c4cc(C(C)(C)C)c(O)c(C(C)(C)C)c4)cc23)cc1CO. The Morgan fingerprint density at radius 1 is 0.261 bits per heavy atom. The molecular formula is C108H130O7. The summed E-state index contributed by atoms with van der Waals surface area (Å²) in [7, 11) is 0. The van der Waals surface area contributed by atoms with Crippen molar-refractivity contribution in [2.75, 3.05) is 6.61 Å². The largest absolute Gasteiger partial charge is 0.507 e. The van der Waals surface area contributed by atoms with Crippen molar-refractivity contribution in [3.63, 3.8) is 0 Å². The van der Waals surface area contributed by atoms with Crippen LogP contribution in [0.2, 0.25) is 0 Å². The molecule has 0 saturated heterocycles. The fourth-order valence-corrected chi connectivity index (χ4v) is 16.5. The lowest BCUT2D eigenvalue weighted by molar-refractivity contribution is 0.243. The Morgan fingerprint density at radius 3 is 0.800 bits per heavy atom. The van der Waals surface area contributed by atoms with Crippen molar-refractivity contribution in [3.8, 4) is 96.9 Å². The predicted octanol–water partition coefficient (Wildman–Crippen LogP) is 28.3. The molecule has 11 aromatic rings. The number of fused-ring (bicyclic) bond motifs is 4. The first kappa shape index (κ1) is 86.4. The number of phenols is 4. The van der Waals surface area contributed by atoms with Crippen LogP contribution in [-0.2, 0) is 56.5 Å². The van der Waals surface area contributed by atoms with E-state index in [0.29, 0.717) is 52.0 Å². The van der Waals surface area contributed by atoms with E-state index in [4.69, 9.17) is 4.74 Å². The number of unbranched alkanes of at least 4 members (excludes halogenated alkanes) is 9. The van der Waals surface area contributed by atoms with Crippen molar-refractivity contribution in [1.82, 2.24) is 0 Å². The van der Waals surface area contributed by atoms with Gasteiger partial charge in [-0.3, -0.25) is 0 Å². The van der Waals surface area contributed by atoms with Gasteiger partial charge in [-0.2, -0.15) is 0 Å². The molecule has 0 unspecified atom stereocenters. The summed E-state index contributed by atoms with van der Waals surface area (Å²) >= 11 is 0. The van der Waals surface area contributed by atoms with Gasteiger partial charge in [0, 0.05) is 77.9 Å². The standard InChI is InChI=1S/C108H130O7/c1-26-27-28-29-30-31-32-33-34-35-48-115-100-77(64-109)49-66(50-78(100)65-110)36-43-83-86-54-69(75-60-92(105(14,15)16)98(113)93(61-75)106(17,18)19)41-44-80(86)79(81-45-42-70(55-87(81)83)76-62-94(107(20,21)22)99(114)95(63-76)108(23,24)25)46-47-82-84-52-67(73-56-88(101(2,3)4)96(111)89(57-73)102(5,6)7)37-39-71(84)51-72-40-38-68(53-85(72)82)74-58-90(103(8,9)10)97(112)91(59-74)104(11,12)13/h37-42,44-45,49-63,109-114H,26-35,48,64-65H2,1-25H3. The molecule has 0 aliphatic carbocycles. The maximum Gasteiger partial charge on any atom is 0.130 e. The summed E-state index contributed by atoms with van der Waals surface area (Å²) in [5.41, 5.74) is 15.6. The summed E-state index contributed by atoms with van der Waals surface area (Å²) in [5, 5.41) is 78.5. The molecule has 0 spiro atoms. The van der Waals surface area contributed by atoms with Crippen molar-refractivity contribution in [2.45, 2.75) is 294 Å². The highest BCUT2D eigenvalue weighted by molar-refractivity contribution is 6.13. The average Bonchev–Trinajstić information content (AvgIpc) is 0.732. The van der Waals surface area contributed by atoms with E-state index in [1.54, 1.807) is 0 Å². The molecule has 7 nitrogen and oxygen atoms in total. The van der Waals surface area contributed by atoms with Gasteiger partial charge in [0.1, 0.15) is 28.7 Å². The molecule has 0 heterocycles. The van der Waals surface area contributed by atoms with Gasteiger partial charge in [-0.25, -0.2) is 0 Å². The second kappa shape index (κ2) is 32.9. The Balaban J connectivity index is 1.25. The molecule has 7 heteroatoms. The van der Waals surface area contributed by atoms with Gasteiger partial charge >= 0.3 is 0 Å². The molecule has 115 heavy (non-hydrogen) atoms. The number of rotatable bonds is 18. The van der Waals surface area contributed by atoms with Crippen LogP contribution in [0.4, 0.5) is 0 Å². The highest BCUT2D eigenvalue weighted by atomic mass is 16.5. The zero-order valence-electron chi connectivity index (χ0n) is 74.1. The van der Waals surface area contributed by atoms with E-state index in [9.17, 15) is 30.6 Å². The van der Waals surface area contributed by atoms with E-state index in [1.807, 2.05) is 12.1 Å². The van der Waals surface area contributed by atoms with E-state index in [-0.39, 0.29) is 34.9 Å². The van der Waals surface area contributed by atoms with Gasteiger partial charge in [-0.1, -0.05) is 303 Å². The van der Waals surface area contributed by atoms with Gasteiger partial charge in [-0.05, 0) is 228 Å². The molecule has 11 rings (SSSR count). The lowest BCUT2D eigenvalue weighted by Crippen LogP contribution is -2.17. The Labute approximate surface area is 689 Å². The van der Waals surface area contributed by atoms with Gasteiger partial charge in [0.05, 0.1) is 19.8 Å². The Hall–Kier alpha value is -9.50. The molecule has 11 aromatic carbocycles. The van der Waals surface area contributed by atoms with E-state index in [0.717, 1.165) is 168 Å². The monoisotopic (exact) mass is 1540 g/mol. The van der Waals surface area contributed by atoms with Crippen LogP contribution in [0.3, 0.4) is 0 Å². The van der Waals surface area contributed by atoms with E-state index >= 15 is 0 Å². The van der Waals surface area contributed by atoms with Crippen molar-refractivity contribution in [1.29, 1.82) is 0 Å². The third-order valence-corrected chi connectivity index (χ3v) is 23.3. The third-order valence-electron chi connectivity index (χ3n) is 23.3. The summed E-state index contributed by atoms with van der Waals surface area (Å²) in [6.45, 7) is 53.7. The average molecular weight is 1540 g/mol. The third kappa shape index (κ3) is 18.8. The lowest BCUT2D eigenvalue weighted by atomic mass is 9.77. The summed E-state index contributed by atoms with van der Waals surface area (Å²) in [6, 6.07) is 49.9. The second-order valence-corrected chi connectivity index (χ2v) is 41.0. The lowest BCUT2D eigenvalue weighted by Gasteiger charge is -2.28. The number of hydrogen-bond acceptors (Lipinski definition) is 7. The molecule has 604 valence electrons. The van der Waals surface area contributed by atoms with E-state index in [2.05, 4.69) is 324 Å². The molecular weight excluding hydrogens is 1410 g/mol. The number of ether oxygens (including phenoxy) is 1. The van der Waals surface area contributed by atoms with Crippen molar-refractivity contribution < 1.29 is 35.4 Å². The highest BCUT2D eigenvalue weighted by Crippen LogP contribution is 2.50. The summed E-state index contributed by atoms with van der Waals surface area (Å²) in [5.74, 6) is 17.2. The molecule has 0 atom stereocenters. The molecule has 0 aliphatic rings. The maximum atomic E-state index is 12.3. The highest BCUT2D eigenvalue weighted by Gasteiger charge is 2.33. The number of benzene rings is 11. The molecule has 0 fully saturated rings. The number of hydrogen-bond donors (Lipinski definition) is 6. The zero-order valence-corrected chi connectivity index (χ0v) is 74.1. The predicted molar refractivity (Wildman–Crippen MR) is 488 cm³/mol. The molecule has 0 amide bonds. The van der Waals surface area contributed by atoms with Crippen LogP contribution in [-0.4, -0.2) is 37.2 Å². The zero-order chi connectivity index (χ0) is 84.2. The minimum absolute atomic E-state index is 0.297. The van der Waals surface area contributed by atoms with Crippen LogP contribution in [0.1, 0.15) is 315 Å². The van der Waals surface area contributed by atoms with Crippen LogP contribution >= 0.6 is 0 Å². The molecule has 0 saturated carbocycles. The van der Waals surface area contributed by atoms with Gasteiger partial charge in [0.25, 0.3) is 0 Å². The Bertz CT molecular complexity index is 5210. The Morgan fingerprint density at radius 2 is 0.513 bits per heavy atom. The molecule has 0 radical (unpaired) electrons. The maximum absolute atomic E-state index is 12.3. The van der Waals surface area contributed by atoms with Gasteiger partial charge < -0.3 is 35.4 Å². The first-order chi connectivity index (χ1) is 53.6. The van der Waals surface area contributed by atoms with Crippen molar-refractivity contribution in [3.05, 3.63) is 217 Å². The summed E-state index contributed by atoms with van der Waals surface area (Å²) < 4.78 is 6.50.